The van der Waals surface area contributed by atoms with Crippen LogP contribution in [0.4, 0.5) is 0 Å². The van der Waals surface area contributed by atoms with E-state index >= 15 is 0 Å². The third-order valence-electron chi connectivity index (χ3n) is 4.04. The van der Waals surface area contributed by atoms with E-state index in [0.29, 0.717) is 18.6 Å². The van der Waals surface area contributed by atoms with E-state index in [9.17, 15) is 9.59 Å². The van der Waals surface area contributed by atoms with Crippen molar-refractivity contribution in [2.45, 2.75) is 52.5 Å². The Morgan fingerprint density at radius 2 is 1.91 bits per heavy atom. The van der Waals surface area contributed by atoms with Gasteiger partial charge in [0.05, 0.1) is 17.7 Å². The van der Waals surface area contributed by atoms with Crippen LogP contribution in [-0.2, 0) is 16.6 Å². The van der Waals surface area contributed by atoms with Gasteiger partial charge in [-0.05, 0) is 26.7 Å². The van der Waals surface area contributed by atoms with Gasteiger partial charge in [-0.15, -0.1) is 0 Å². The predicted octanol–water partition coefficient (Wildman–Crippen LogP) is 1.57. The first kappa shape index (κ1) is 18.0. The lowest BCUT2D eigenvalue weighted by atomic mass is 9.89. The second-order valence-electron chi connectivity index (χ2n) is 5.52. The zero-order chi connectivity index (χ0) is 16.9. The zero-order valence-electron chi connectivity index (χ0n) is 13.9. The molecule has 0 unspecified atom stereocenters. The highest BCUT2D eigenvalue weighted by Gasteiger charge is 2.31. The summed E-state index contributed by atoms with van der Waals surface area (Å²) in [6.45, 7) is 7.24. The van der Waals surface area contributed by atoms with Crippen molar-refractivity contribution in [3.63, 3.8) is 0 Å². The normalized spacial score (nSPS) is 11.3. The molecule has 1 heterocycles. The van der Waals surface area contributed by atoms with E-state index in [0.717, 1.165) is 11.4 Å². The fraction of sp³-hybridized carbons (Fsp3) is 0.667. The predicted molar refractivity (Wildman–Crippen MR) is 81.9 cm³/mol. The number of nitrogens with zero attached hydrogens (tertiary/aromatic N) is 2. The van der Waals surface area contributed by atoms with E-state index in [2.05, 4.69) is 10.4 Å². The van der Waals surface area contributed by atoms with Crippen LogP contribution in [0, 0.1) is 13.8 Å². The smallest absolute Gasteiger partial charge is 0.305 e. The summed E-state index contributed by atoms with van der Waals surface area (Å²) in [5.74, 6) is -0.661. The fourth-order valence-electron chi connectivity index (χ4n) is 2.44. The Balaban J connectivity index is 2.70. The number of hydrogen-bond acceptors (Lipinski definition) is 4. The third-order valence-corrected chi connectivity index (χ3v) is 4.04. The molecule has 0 fully saturated rings. The van der Waals surface area contributed by atoms with Gasteiger partial charge in [0.15, 0.2) is 12.4 Å². The Kier molecular flexibility index (Phi) is 5.96. The topological polar surface area (TPSA) is 93.5 Å². The number of ether oxygens (including phenoxy) is 1. The van der Waals surface area contributed by atoms with Gasteiger partial charge in [-0.3, -0.25) is 14.3 Å². The Morgan fingerprint density at radius 1 is 1.32 bits per heavy atom. The second kappa shape index (κ2) is 7.29. The van der Waals surface area contributed by atoms with E-state index in [1.807, 2.05) is 27.7 Å². The van der Waals surface area contributed by atoms with Crippen LogP contribution in [0.1, 0.15) is 44.5 Å². The van der Waals surface area contributed by atoms with Gasteiger partial charge in [0.25, 0.3) is 5.91 Å². The molecule has 1 amide bonds. The van der Waals surface area contributed by atoms with Gasteiger partial charge < -0.3 is 15.2 Å². The standard InChI is InChI=1S/C15H25N3O4/c1-6-15(7-2,8-13(20)21)16-12(19)9-22-14-10(3)17-18(5)11(14)4/h6-9H2,1-5H3,(H,16,19)(H,20,21). The number of rotatable bonds is 8. The number of aliphatic carboxylic acids is 1. The van der Waals surface area contributed by atoms with Gasteiger partial charge in [0.1, 0.15) is 5.69 Å². The maximum absolute atomic E-state index is 12.1. The Hall–Kier alpha value is -2.05. The van der Waals surface area contributed by atoms with Gasteiger partial charge in [-0.2, -0.15) is 5.10 Å². The molecule has 0 aliphatic rings. The second-order valence-corrected chi connectivity index (χ2v) is 5.52. The summed E-state index contributed by atoms with van der Waals surface area (Å²) >= 11 is 0. The molecule has 0 saturated heterocycles. The summed E-state index contributed by atoms with van der Waals surface area (Å²) in [7, 11) is 1.81. The molecule has 2 N–H and O–H groups in total. The van der Waals surface area contributed by atoms with Crippen LogP contribution in [0.5, 0.6) is 5.75 Å². The molecule has 0 atom stereocenters. The lowest BCUT2D eigenvalue weighted by Crippen LogP contribution is -2.50. The number of carbonyl (C=O) groups is 2. The summed E-state index contributed by atoms with van der Waals surface area (Å²) < 4.78 is 7.24. The van der Waals surface area contributed by atoms with Crippen LogP contribution in [0.3, 0.4) is 0 Å². The zero-order valence-corrected chi connectivity index (χ0v) is 13.9. The number of nitrogens with one attached hydrogen (secondary N) is 1. The first-order valence-electron chi connectivity index (χ1n) is 7.40. The quantitative estimate of drug-likeness (QED) is 0.760. The number of carboxylic acids is 1. The summed E-state index contributed by atoms with van der Waals surface area (Å²) in [6, 6.07) is 0. The van der Waals surface area contributed by atoms with E-state index in [-0.39, 0.29) is 18.9 Å². The van der Waals surface area contributed by atoms with Crippen LogP contribution >= 0.6 is 0 Å². The molecule has 1 aromatic heterocycles. The molecule has 124 valence electrons. The van der Waals surface area contributed by atoms with Crippen LogP contribution in [0.15, 0.2) is 0 Å². The molecule has 1 rings (SSSR count). The van der Waals surface area contributed by atoms with Crippen molar-refractivity contribution in [3.8, 4) is 5.75 Å². The summed E-state index contributed by atoms with van der Waals surface area (Å²) in [4.78, 5) is 23.1. The number of aromatic nitrogens is 2. The molecule has 0 saturated carbocycles. The molecule has 22 heavy (non-hydrogen) atoms. The summed E-state index contributed by atoms with van der Waals surface area (Å²) in [5.41, 5.74) is 0.828. The van der Waals surface area contributed by atoms with Crippen LogP contribution in [-0.4, -0.2) is 38.9 Å². The van der Waals surface area contributed by atoms with Crippen molar-refractivity contribution >= 4 is 11.9 Å². The Labute approximate surface area is 130 Å². The molecule has 0 radical (unpaired) electrons. The van der Waals surface area contributed by atoms with Crippen molar-refractivity contribution < 1.29 is 19.4 Å². The Bertz CT molecular complexity index is 547. The molecule has 7 heteroatoms. The molecule has 0 bridgehead atoms. The minimum Gasteiger partial charge on any atom is -0.481 e. The van der Waals surface area contributed by atoms with Gasteiger partial charge >= 0.3 is 5.97 Å². The first-order valence-corrected chi connectivity index (χ1v) is 7.40. The van der Waals surface area contributed by atoms with E-state index in [1.165, 1.54) is 0 Å². The average Bonchev–Trinajstić information content (AvgIpc) is 2.69. The molecular weight excluding hydrogens is 286 g/mol. The Morgan fingerprint density at radius 3 is 2.32 bits per heavy atom. The molecule has 0 aliphatic heterocycles. The molecule has 0 spiro atoms. The molecule has 0 aliphatic carbocycles. The molecule has 1 aromatic rings. The fourth-order valence-corrected chi connectivity index (χ4v) is 2.44. The van der Waals surface area contributed by atoms with Crippen LogP contribution in [0.25, 0.3) is 0 Å². The summed E-state index contributed by atoms with van der Waals surface area (Å²) in [6.07, 6.45) is 0.996. The number of carbonyl (C=O) groups excluding carboxylic acids is 1. The van der Waals surface area contributed by atoms with Gasteiger partial charge in [-0.25, -0.2) is 0 Å². The van der Waals surface area contributed by atoms with E-state index in [4.69, 9.17) is 9.84 Å². The lowest BCUT2D eigenvalue weighted by molar-refractivity contribution is -0.139. The maximum atomic E-state index is 12.1. The lowest BCUT2D eigenvalue weighted by Gasteiger charge is -2.31. The number of amides is 1. The third kappa shape index (κ3) is 4.22. The molecule has 7 nitrogen and oxygen atoms in total. The number of carboxylic acid groups (broad SMARTS) is 1. The number of hydrogen-bond donors (Lipinski definition) is 2. The van der Waals surface area contributed by atoms with Crippen LogP contribution in [0.2, 0.25) is 0 Å². The van der Waals surface area contributed by atoms with Crippen molar-refractivity contribution in [1.29, 1.82) is 0 Å². The van der Waals surface area contributed by atoms with Gasteiger partial charge in [0.2, 0.25) is 0 Å². The van der Waals surface area contributed by atoms with Crippen molar-refractivity contribution in [2.24, 2.45) is 7.05 Å². The minimum atomic E-state index is -0.927. The van der Waals surface area contributed by atoms with Gasteiger partial charge in [-0.1, -0.05) is 13.8 Å². The molecule has 0 aromatic carbocycles. The first-order chi connectivity index (χ1) is 10.2. The van der Waals surface area contributed by atoms with Crippen molar-refractivity contribution in [2.75, 3.05) is 6.61 Å². The highest BCUT2D eigenvalue weighted by atomic mass is 16.5. The van der Waals surface area contributed by atoms with Crippen molar-refractivity contribution in [1.82, 2.24) is 15.1 Å². The van der Waals surface area contributed by atoms with Crippen molar-refractivity contribution in [3.05, 3.63) is 11.4 Å². The SMILES string of the molecule is CCC(CC)(CC(=O)O)NC(=O)COc1c(C)nn(C)c1C. The van der Waals surface area contributed by atoms with Gasteiger partial charge in [0, 0.05) is 7.05 Å². The highest BCUT2D eigenvalue weighted by molar-refractivity contribution is 5.79. The maximum Gasteiger partial charge on any atom is 0.305 e. The monoisotopic (exact) mass is 311 g/mol. The highest BCUT2D eigenvalue weighted by Crippen LogP contribution is 2.22. The van der Waals surface area contributed by atoms with E-state index in [1.54, 1.807) is 11.7 Å². The average molecular weight is 311 g/mol. The minimum absolute atomic E-state index is 0.101. The van der Waals surface area contributed by atoms with E-state index < -0.39 is 11.5 Å². The largest absolute Gasteiger partial charge is 0.481 e. The molecular formula is C15H25N3O4. The number of aryl methyl sites for hydroxylation is 2. The summed E-state index contributed by atoms with van der Waals surface area (Å²) in [5, 5.41) is 16.0. The van der Waals surface area contributed by atoms with Crippen LogP contribution < -0.4 is 10.1 Å².